The van der Waals surface area contributed by atoms with Crippen LogP contribution in [-0.2, 0) is 11.2 Å². The number of ether oxygens (including phenoxy) is 1. The van der Waals surface area contributed by atoms with Crippen LogP contribution in [-0.4, -0.2) is 39.2 Å². The topological polar surface area (TPSA) is 149 Å². The first kappa shape index (κ1) is 24.6. The van der Waals surface area contributed by atoms with Crippen LogP contribution in [0.15, 0.2) is 72.8 Å². The molecule has 0 aliphatic rings. The van der Waals surface area contributed by atoms with E-state index in [2.05, 4.69) is 44.5 Å². The van der Waals surface area contributed by atoms with E-state index in [1.807, 2.05) is 43.3 Å². The number of rotatable bonds is 9. The largest absolute Gasteiger partial charge is 0.497 e. The Hall–Kier alpha value is -4.50. The molecule has 0 saturated heterocycles. The molecule has 0 aliphatic heterocycles. The Balaban J connectivity index is 1.47. The fraction of sp³-hybridized carbons (Fsp3) is 0.185. The van der Waals surface area contributed by atoms with Crippen LogP contribution in [0.25, 0.3) is 22.5 Å². The van der Waals surface area contributed by atoms with Gasteiger partial charge < -0.3 is 26.6 Å². The van der Waals surface area contributed by atoms with Crippen molar-refractivity contribution >= 4 is 17.9 Å². The highest BCUT2D eigenvalue weighted by molar-refractivity contribution is 5.73. The maximum Gasteiger partial charge on any atom is 0.320 e. The van der Waals surface area contributed by atoms with E-state index < -0.39 is 12.0 Å². The van der Waals surface area contributed by atoms with Crippen molar-refractivity contribution in [3.63, 3.8) is 0 Å². The molecule has 0 amide bonds. The Morgan fingerprint density at radius 1 is 0.917 bits per heavy atom. The summed E-state index contributed by atoms with van der Waals surface area (Å²) in [6, 6.07) is 22.4. The predicted octanol–water partition coefficient (Wildman–Crippen LogP) is 3.92. The summed E-state index contributed by atoms with van der Waals surface area (Å²) in [5.41, 5.74) is 16.4. The smallest absolute Gasteiger partial charge is 0.320 e. The Morgan fingerprint density at radius 3 is 2.08 bits per heavy atom. The summed E-state index contributed by atoms with van der Waals surface area (Å²) in [6.45, 7) is 2.02. The first-order valence-corrected chi connectivity index (χ1v) is 11.4. The van der Waals surface area contributed by atoms with Crippen molar-refractivity contribution in [1.82, 2.24) is 15.0 Å². The zero-order chi connectivity index (χ0) is 25.7. The van der Waals surface area contributed by atoms with Gasteiger partial charge in [-0.25, -0.2) is 0 Å². The van der Waals surface area contributed by atoms with Gasteiger partial charge >= 0.3 is 5.97 Å². The lowest BCUT2D eigenvalue weighted by atomic mass is 10.0. The summed E-state index contributed by atoms with van der Waals surface area (Å²) < 4.78 is 5.23. The highest BCUT2D eigenvalue weighted by Crippen LogP contribution is 2.26. The van der Waals surface area contributed by atoms with Crippen molar-refractivity contribution in [2.24, 2.45) is 5.73 Å². The van der Waals surface area contributed by atoms with E-state index in [-0.39, 0.29) is 18.4 Å². The SMILES string of the molecule is COc1ccc(-c2ccc(C(C)Nc3nc(N)nc(-c4ccc(CC(N)C(=O)O)cc4)n3)cc2)cc1. The molecule has 1 heterocycles. The molecule has 9 nitrogen and oxygen atoms in total. The minimum absolute atomic E-state index is 0.0792. The van der Waals surface area contributed by atoms with E-state index in [9.17, 15) is 4.79 Å². The number of anilines is 2. The summed E-state index contributed by atoms with van der Waals surface area (Å²) in [5, 5.41) is 12.3. The van der Waals surface area contributed by atoms with E-state index in [0.717, 1.165) is 33.6 Å². The van der Waals surface area contributed by atoms with Crippen LogP contribution in [0.4, 0.5) is 11.9 Å². The van der Waals surface area contributed by atoms with E-state index >= 15 is 0 Å². The first-order valence-electron chi connectivity index (χ1n) is 11.4. The normalized spacial score (nSPS) is 12.5. The van der Waals surface area contributed by atoms with Gasteiger partial charge in [0.25, 0.3) is 0 Å². The van der Waals surface area contributed by atoms with Crippen molar-refractivity contribution in [3.05, 3.63) is 83.9 Å². The molecule has 0 spiro atoms. The second kappa shape index (κ2) is 10.8. The van der Waals surface area contributed by atoms with Crippen LogP contribution in [0.1, 0.15) is 24.1 Å². The van der Waals surface area contributed by atoms with E-state index in [0.29, 0.717) is 11.8 Å². The van der Waals surface area contributed by atoms with Gasteiger partial charge in [0.2, 0.25) is 11.9 Å². The fourth-order valence-electron chi connectivity index (χ4n) is 3.74. The van der Waals surface area contributed by atoms with Gasteiger partial charge in [0.1, 0.15) is 11.8 Å². The quantitative estimate of drug-likeness (QED) is 0.277. The molecule has 2 unspecified atom stereocenters. The molecule has 4 rings (SSSR count). The van der Waals surface area contributed by atoms with Crippen LogP contribution in [0, 0.1) is 0 Å². The van der Waals surface area contributed by atoms with Gasteiger partial charge in [-0.05, 0) is 47.7 Å². The van der Waals surface area contributed by atoms with Gasteiger partial charge in [0.05, 0.1) is 13.2 Å². The minimum Gasteiger partial charge on any atom is -0.497 e. The van der Waals surface area contributed by atoms with Crippen molar-refractivity contribution in [3.8, 4) is 28.3 Å². The molecule has 0 radical (unpaired) electrons. The Labute approximate surface area is 209 Å². The Morgan fingerprint density at radius 2 is 1.50 bits per heavy atom. The molecule has 1 aromatic heterocycles. The number of nitrogen functional groups attached to an aromatic ring is 1. The maximum absolute atomic E-state index is 11.0. The Kier molecular flexibility index (Phi) is 7.41. The van der Waals surface area contributed by atoms with Gasteiger partial charge in [-0.2, -0.15) is 15.0 Å². The third-order valence-electron chi connectivity index (χ3n) is 5.82. The third kappa shape index (κ3) is 5.94. The second-order valence-electron chi connectivity index (χ2n) is 8.40. The number of carboxylic acid groups (broad SMARTS) is 1. The molecule has 0 aliphatic carbocycles. The predicted molar refractivity (Wildman–Crippen MR) is 139 cm³/mol. The van der Waals surface area contributed by atoms with E-state index in [1.165, 1.54) is 0 Å². The van der Waals surface area contributed by atoms with Crippen molar-refractivity contribution in [2.45, 2.75) is 25.4 Å². The van der Waals surface area contributed by atoms with Gasteiger partial charge in [-0.3, -0.25) is 4.79 Å². The highest BCUT2D eigenvalue weighted by atomic mass is 16.5. The van der Waals surface area contributed by atoms with Gasteiger partial charge in [0.15, 0.2) is 5.82 Å². The fourth-order valence-corrected chi connectivity index (χ4v) is 3.74. The van der Waals surface area contributed by atoms with Gasteiger partial charge in [0, 0.05) is 5.56 Å². The number of hydrogen-bond acceptors (Lipinski definition) is 8. The molecule has 0 bridgehead atoms. The molecule has 3 aromatic carbocycles. The van der Waals surface area contributed by atoms with Crippen LogP contribution in [0.3, 0.4) is 0 Å². The number of methoxy groups -OCH3 is 1. The van der Waals surface area contributed by atoms with Gasteiger partial charge in [-0.1, -0.05) is 60.7 Å². The molecule has 184 valence electrons. The first-order chi connectivity index (χ1) is 17.3. The van der Waals surface area contributed by atoms with Crippen LogP contribution >= 0.6 is 0 Å². The molecule has 6 N–H and O–H groups in total. The number of carboxylic acids is 1. The summed E-state index contributed by atoms with van der Waals surface area (Å²) in [7, 11) is 1.65. The number of hydrogen-bond donors (Lipinski definition) is 4. The number of nitrogens with zero attached hydrogens (tertiary/aromatic N) is 3. The summed E-state index contributed by atoms with van der Waals surface area (Å²) in [5.74, 6) is 0.663. The molecule has 4 aromatic rings. The number of aliphatic carboxylic acids is 1. The lowest BCUT2D eigenvalue weighted by Crippen LogP contribution is -2.32. The van der Waals surface area contributed by atoms with Crippen molar-refractivity contribution in [1.29, 1.82) is 0 Å². The number of benzene rings is 3. The van der Waals surface area contributed by atoms with E-state index in [1.54, 1.807) is 19.2 Å². The van der Waals surface area contributed by atoms with E-state index in [4.69, 9.17) is 21.3 Å². The third-order valence-corrected chi connectivity index (χ3v) is 5.82. The number of nitrogens with two attached hydrogens (primary N) is 2. The lowest BCUT2D eigenvalue weighted by Gasteiger charge is -2.16. The monoisotopic (exact) mass is 484 g/mol. The molecular formula is C27H28N6O3. The highest BCUT2D eigenvalue weighted by Gasteiger charge is 2.14. The summed E-state index contributed by atoms with van der Waals surface area (Å²) >= 11 is 0. The average Bonchev–Trinajstić information content (AvgIpc) is 2.89. The lowest BCUT2D eigenvalue weighted by molar-refractivity contribution is -0.138. The number of carbonyl (C=O) groups is 1. The van der Waals surface area contributed by atoms with Crippen LogP contribution in [0.2, 0.25) is 0 Å². The zero-order valence-corrected chi connectivity index (χ0v) is 20.1. The molecule has 2 atom stereocenters. The summed E-state index contributed by atoms with van der Waals surface area (Å²) in [6.07, 6.45) is 0.233. The maximum atomic E-state index is 11.0. The van der Waals surface area contributed by atoms with Crippen molar-refractivity contribution in [2.75, 3.05) is 18.2 Å². The number of aromatic nitrogens is 3. The van der Waals surface area contributed by atoms with Crippen molar-refractivity contribution < 1.29 is 14.6 Å². The molecule has 0 saturated carbocycles. The Bertz CT molecular complexity index is 1330. The molecule has 0 fully saturated rings. The second-order valence-corrected chi connectivity index (χ2v) is 8.40. The van der Waals surface area contributed by atoms with Crippen LogP contribution < -0.4 is 21.5 Å². The zero-order valence-electron chi connectivity index (χ0n) is 20.1. The van der Waals surface area contributed by atoms with Crippen LogP contribution in [0.5, 0.6) is 5.75 Å². The molecular weight excluding hydrogens is 456 g/mol. The van der Waals surface area contributed by atoms with Gasteiger partial charge in [-0.15, -0.1) is 0 Å². The standard InChI is InChI=1S/C27H28N6O3/c1-16(18-7-9-19(10-8-18)20-11-13-22(36-2)14-12-20)30-27-32-24(31-26(29)33-27)21-5-3-17(4-6-21)15-23(28)25(34)35/h3-14,16,23H,15,28H2,1-2H3,(H,34,35)(H3,29,30,31,32,33). The summed E-state index contributed by atoms with van der Waals surface area (Å²) in [4.78, 5) is 24.0. The average molecular weight is 485 g/mol. The number of nitrogens with one attached hydrogen (secondary N) is 1. The molecule has 9 heteroatoms. The molecule has 36 heavy (non-hydrogen) atoms. The minimum atomic E-state index is -1.04.